The van der Waals surface area contributed by atoms with Gasteiger partial charge >= 0.3 is 0 Å². The number of halogens is 1. The molecule has 1 aliphatic heterocycles. The molecule has 0 aliphatic carbocycles. The van der Waals surface area contributed by atoms with Crippen LogP contribution >= 0.6 is 11.6 Å². The Morgan fingerprint density at radius 1 is 1.09 bits per heavy atom. The average molecular weight is 329 g/mol. The Kier molecular flexibility index (Phi) is 4.31. The summed E-state index contributed by atoms with van der Waals surface area (Å²) in [5.74, 6) is 0.367. The van der Waals surface area contributed by atoms with Crippen molar-refractivity contribution in [1.82, 2.24) is 0 Å². The Bertz CT molecular complexity index is 714. The zero-order valence-electron chi connectivity index (χ0n) is 13.6. The van der Waals surface area contributed by atoms with Crippen LogP contribution in [0.25, 0.3) is 0 Å². The Balaban J connectivity index is 2.01. The Hall–Kier alpha value is -2.00. The molecular weight excluding hydrogens is 308 g/mol. The molecule has 1 amide bonds. The van der Waals surface area contributed by atoms with Crippen molar-refractivity contribution in [3.63, 3.8) is 0 Å². The van der Waals surface area contributed by atoms with E-state index in [-0.39, 0.29) is 23.9 Å². The molecule has 1 aliphatic rings. The highest BCUT2D eigenvalue weighted by Crippen LogP contribution is 2.42. The maximum atomic E-state index is 12.1. The van der Waals surface area contributed by atoms with E-state index in [0.717, 1.165) is 22.0 Å². The molecule has 0 aromatic heterocycles. The van der Waals surface area contributed by atoms with Crippen molar-refractivity contribution in [3.8, 4) is 0 Å². The molecule has 2 unspecified atom stereocenters. The summed E-state index contributed by atoms with van der Waals surface area (Å²) >= 11 is 5.97. The number of carbonyl (C=O) groups is 1. The van der Waals surface area contributed by atoms with E-state index in [1.807, 2.05) is 47.4 Å². The van der Waals surface area contributed by atoms with Crippen LogP contribution in [0.4, 0.5) is 11.4 Å². The maximum absolute atomic E-state index is 12.1. The van der Waals surface area contributed by atoms with E-state index in [1.54, 1.807) is 6.92 Å². The Morgan fingerprint density at radius 2 is 1.74 bits per heavy atom. The second-order valence-electron chi connectivity index (χ2n) is 6.18. The van der Waals surface area contributed by atoms with Crippen LogP contribution in [0.1, 0.15) is 32.4 Å². The lowest BCUT2D eigenvalue weighted by Gasteiger charge is -2.44. The quantitative estimate of drug-likeness (QED) is 0.851. The number of nitrogens with zero attached hydrogens (tertiary/aromatic N) is 1. The molecule has 3 nitrogen and oxygen atoms in total. The highest BCUT2D eigenvalue weighted by Gasteiger charge is 2.37. The van der Waals surface area contributed by atoms with Gasteiger partial charge in [0.15, 0.2) is 0 Å². The summed E-state index contributed by atoms with van der Waals surface area (Å²) in [6, 6.07) is 16.2. The van der Waals surface area contributed by atoms with Crippen LogP contribution in [0.2, 0.25) is 5.02 Å². The second kappa shape index (κ2) is 6.25. The molecule has 0 saturated heterocycles. The van der Waals surface area contributed by atoms with Crippen molar-refractivity contribution >= 4 is 28.9 Å². The number of nitrogens with one attached hydrogen (secondary N) is 1. The van der Waals surface area contributed by atoms with Crippen molar-refractivity contribution in [2.75, 3.05) is 10.2 Å². The number of benzene rings is 2. The molecule has 3 rings (SSSR count). The summed E-state index contributed by atoms with van der Waals surface area (Å²) in [4.78, 5) is 14.0. The molecule has 0 spiro atoms. The molecule has 2 aromatic carbocycles. The maximum Gasteiger partial charge on any atom is 0.224 e. The number of hydrogen-bond donors (Lipinski definition) is 1. The number of carbonyl (C=O) groups excluding carboxylic acids is 1. The summed E-state index contributed by atoms with van der Waals surface area (Å²) in [7, 11) is 0. The Morgan fingerprint density at radius 3 is 2.39 bits per heavy atom. The molecule has 0 radical (unpaired) electrons. The van der Waals surface area contributed by atoms with Crippen molar-refractivity contribution in [1.29, 1.82) is 0 Å². The van der Waals surface area contributed by atoms with Gasteiger partial charge in [-0.2, -0.15) is 0 Å². The van der Waals surface area contributed by atoms with Gasteiger partial charge < -0.3 is 10.2 Å². The molecule has 0 bridgehead atoms. The van der Waals surface area contributed by atoms with E-state index in [4.69, 9.17) is 11.6 Å². The standard InChI is InChI=1S/C19H21ClN2O/c1-12-13(2)22(14(3)23)18-7-5-4-6-17(18)19(12)21-16-10-8-15(20)9-11-16/h4-13,19,21H,1-3H3/t12?,13-,19?/m0/s1. The summed E-state index contributed by atoms with van der Waals surface area (Å²) < 4.78 is 0. The molecule has 4 heteroatoms. The lowest BCUT2D eigenvalue weighted by atomic mass is 9.82. The van der Waals surface area contributed by atoms with Crippen molar-refractivity contribution in [2.45, 2.75) is 32.9 Å². The topological polar surface area (TPSA) is 32.3 Å². The lowest BCUT2D eigenvalue weighted by Crippen LogP contribution is -2.48. The van der Waals surface area contributed by atoms with Gasteiger partial charge in [0.1, 0.15) is 0 Å². The highest BCUT2D eigenvalue weighted by atomic mass is 35.5. The van der Waals surface area contributed by atoms with Gasteiger partial charge in [0.05, 0.1) is 6.04 Å². The molecule has 3 atom stereocenters. The third-order valence-electron chi connectivity index (χ3n) is 4.73. The minimum atomic E-state index is 0.0849. The van der Waals surface area contributed by atoms with Crippen LogP contribution in [0.3, 0.4) is 0 Å². The number of hydrogen-bond acceptors (Lipinski definition) is 2. The monoisotopic (exact) mass is 328 g/mol. The second-order valence-corrected chi connectivity index (χ2v) is 6.61. The molecule has 0 fully saturated rings. The van der Waals surface area contributed by atoms with Crippen LogP contribution in [0.15, 0.2) is 48.5 Å². The van der Waals surface area contributed by atoms with Gasteiger partial charge in [0.2, 0.25) is 5.91 Å². The first kappa shape index (κ1) is 15.9. The molecule has 120 valence electrons. The summed E-state index contributed by atoms with van der Waals surface area (Å²) in [5, 5.41) is 4.33. The SMILES string of the molecule is CC(=O)N1c2ccccc2C(Nc2ccc(Cl)cc2)C(C)[C@@H]1C. The largest absolute Gasteiger partial charge is 0.378 e. The van der Waals surface area contributed by atoms with Gasteiger partial charge in [0.25, 0.3) is 0 Å². The van der Waals surface area contributed by atoms with Crippen LogP contribution in [0.5, 0.6) is 0 Å². The third-order valence-corrected chi connectivity index (χ3v) is 4.98. The van der Waals surface area contributed by atoms with E-state index in [1.165, 1.54) is 0 Å². The van der Waals surface area contributed by atoms with E-state index >= 15 is 0 Å². The van der Waals surface area contributed by atoms with Crippen molar-refractivity contribution in [3.05, 3.63) is 59.1 Å². The van der Waals surface area contributed by atoms with Crippen LogP contribution in [0, 0.1) is 5.92 Å². The number of para-hydroxylation sites is 1. The molecule has 1 heterocycles. The van der Waals surface area contributed by atoms with E-state index < -0.39 is 0 Å². The fourth-order valence-electron chi connectivity index (χ4n) is 3.38. The lowest BCUT2D eigenvalue weighted by molar-refractivity contribution is -0.117. The molecular formula is C19H21ClN2O. The van der Waals surface area contributed by atoms with Gasteiger partial charge in [0, 0.05) is 35.3 Å². The average Bonchev–Trinajstić information content (AvgIpc) is 2.53. The smallest absolute Gasteiger partial charge is 0.224 e. The van der Waals surface area contributed by atoms with Gasteiger partial charge in [-0.3, -0.25) is 4.79 Å². The predicted octanol–water partition coefficient (Wildman–Crippen LogP) is 4.88. The van der Waals surface area contributed by atoms with Gasteiger partial charge in [-0.1, -0.05) is 36.7 Å². The fraction of sp³-hybridized carbons (Fsp3) is 0.316. The summed E-state index contributed by atoms with van der Waals surface area (Å²) in [6.07, 6.45) is 0. The van der Waals surface area contributed by atoms with Crippen molar-refractivity contribution in [2.24, 2.45) is 5.92 Å². The van der Waals surface area contributed by atoms with Gasteiger partial charge in [-0.25, -0.2) is 0 Å². The highest BCUT2D eigenvalue weighted by molar-refractivity contribution is 6.30. The molecule has 1 N–H and O–H groups in total. The minimum Gasteiger partial charge on any atom is -0.378 e. The predicted molar refractivity (Wildman–Crippen MR) is 96.0 cm³/mol. The first-order chi connectivity index (χ1) is 11.0. The third kappa shape index (κ3) is 2.93. The van der Waals surface area contributed by atoms with E-state index in [2.05, 4.69) is 25.2 Å². The van der Waals surface area contributed by atoms with Crippen LogP contribution in [-0.4, -0.2) is 11.9 Å². The Labute approximate surface area is 142 Å². The summed E-state index contributed by atoms with van der Waals surface area (Å²) in [6.45, 7) is 5.93. The van der Waals surface area contributed by atoms with E-state index in [0.29, 0.717) is 0 Å². The van der Waals surface area contributed by atoms with Crippen LogP contribution in [-0.2, 0) is 4.79 Å². The minimum absolute atomic E-state index is 0.0849. The normalized spacial score (nSPS) is 23.3. The molecule has 23 heavy (non-hydrogen) atoms. The van der Waals surface area contributed by atoms with Crippen molar-refractivity contribution < 1.29 is 4.79 Å². The van der Waals surface area contributed by atoms with Gasteiger partial charge in [-0.05, 0) is 42.8 Å². The first-order valence-corrected chi connectivity index (χ1v) is 8.27. The van der Waals surface area contributed by atoms with Crippen LogP contribution < -0.4 is 10.2 Å². The zero-order chi connectivity index (χ0) is 16.6. The molecule has 0 saturated carbocycles. The number of anilines is 2. The first-order valence-electron chi connectivity index (χ1n) is 7.90. The number of amides is 1. The van der Waals surface area contributed by atoms with Gasteiger partial charge in [-0.15, -0.1) is 0 Å². The number of rotatable bonds is 2. The summed E-state index contributed by atoms with van der Waals surface area (Å²) in [5.41, 5.74) is 3.19. The number of fused-ring (bicyclic) bond motifs is 1. The van der Waals surface area contributed by atoms with E-state index in [9.17, 15) is 4.79 Å². The molecule has 2 aromatic rings. The fourth-order valence-corrected chi connectivity index (χ4v) is 3.50. The zero-order valence-corrected chi connectivity index (χ0v) is 14.3.